The average molecular weight is 273 g/mol. The van der Waals surface area contributed by atoms with Crippen LogP contribution in [-0.4, -0.2) is 6.54 Å². The third-order valence-corrected chi connectivity index (χ3v) is 3.78. The van der Waals surface area contributed by atoms with E-state index in [1.807, 2.05) is 0 Å². The van der Waals surface area contributed by atoms with Crippen LogP contribution < -0.4 is 5.32 Å². The summed E-state index contributed by atoms with van der Waals surface area (Å²) in [6.45, 7) is 10.8. The van der Waals surface area contributed by atoms with Crippen LogP contribution in [0.4, 0.5) is 0 Å². The molecule has 2 nitrogen and oxygen atoms in total. The minimum absolute atomic E-state index is 0.561. The summed E-state index contributed by atoms with van der Waals surface area (Å²) in [6.07, 6.45) is 3.40. The normalized spacial score (nSPS) is 11.7. The summed E-state index contributed by atoms with van der Waals surface area (Å²) in [4.78, 5) is 0. The van der Waals surface area contributed by atoms with E-state index in [0.717, 1.165) is 43.7 Å². The van der Waals surface area contributed by atoms with Crippen LogP contribution in [0.15, 0.2) is 22.6 Å². The van der Waals surface area contributed by atoms with E-state index in [9.17, 15) is 0 Å². The van der Waals surface area contributed by atoms with Gasteiger partial charge in [-0.3, -0.25) is 0 Å². The lowest BCUT2D eigenvalue weighted by Crippen LogP contribution is -2.14. The SMILES string of the molecule is CCCNCc1oc2ccc(C(C)C)cc2c1CCC. The molecule has 0 saturated carbocycles. The van der Waals surface area contributed by atoms with Crippen molar-refractivity contribution in [3.8, 4) is 0 Å². The van der Waals surface area contributed by atoms with Crippen LogP contribution in [0.5, 0.6) is 0 Å². The number of aryl methyl sites for hydroxylation is 1. The van der Waals surface area contributed by atoms with Crippen molar-refractivity contribution in [2.75, 3.05) is 6.54 Å². The lowest BCUT2D eigenvalue weighted by Gasteiger charge is -2.05. The second kappa shape index (κ2) is 6.94. The van der Waals surface area contributed by atoms with Gasteiger partial charge in [-0.05, 0) is 43.0 Å². The summed E-state index contributed by atoms with van der Waals surface area (Å²) in [5, 5.41) is 4.77. The first-order chi connectivity index (χ1) is 9.67. The van der Waals surface area contributed by atoms with Crippen LogP contribution in [0.3, 0.4) is 0 Å². The maximum Gasteiger partial charge on any atom is 0.134 e. The summed E-state index contributed by atoms with van der Waals surface area (Å²) in [5.41, 5.74) is 3.82. The lowest BCUT2D eigenvalue weighted by atomic mass is 9.98. The van der Waals surface area contributed by atoms with Crippen molar-refractivity contribution < 1.29 is 4.42 Å². The molecule has 2 rings (SSSR count). The number of rotatable bonds is 7. The first-order valence-electron chi connectivity index (χ1n) is 7.92. The fourth-order valence-corrected chi connectivity index (χ4v) is 2.62. The van der Waals surface area contributed by atoms with Crippen LogP contribution in [0, 0.1) is 0 Å². The van der Waals surface area contributed by atoms with Crippen LogP contribution in [0.25, 0.3) is 11.0 Å². The van der Waals surface area contributed by atoms with Crippen molar-refractivity contribution in [2.24, 2.45) is 0 Å². The molecule has 0 aliphatic heterocycles. The van der Waals surface area contributed by atoms with E-state index in [-0.39, 0.29) is 0 Å². The number of fused-ring (bicyclic) bond motifs is 1. The number of hydrogen-bond donors (Lipinski definition) is 1. The highest BCUT2D eigenvalue weighted by molar-refractivity contribution is 5.83. The molecule has 1 heterocycles. The standard InChI is InChI=1S/C18H27NO/c1-5-7-15-16-11-14(13(3)4)8-9-17(16)20-18(15)12-19-10-6-2/h8-9,11,13,19H,5-7,10,12H2,1-4H3. The van der Waals surface area contributed by atoms with Gasteiger partial charge in [-0.2, -0.15) is 0 Å². The Morgan fingerprint density at radius 2 is 1.95 bits per heavy atom. The van der Waals surface area contributed by atoms with Crippen molar-refractivity contribution in [1.29, 1.82) is 0 Å². The second-order valence-electron chi connectivity index (χ2n) is 5.84. The zero-order valence-corrected chi connectivity index (χ0v) is 13.3. The van der Waals surface area contributed by atoms with E-state index >= 15 is 0 Å². The minimum atomic E-state index is 0.561. The molecule has 0 unspecified atom stereocenters. The fraction of sp³-hybridized carbons (Fsp3) is 0.556. The van der Waals surface area contributed by atoms with Crippen molar-refractivity contribution in [2.45, 2.75) is 59.4 Å². The quantitative estimate of drug-likeness (QED) is 0.717. The highest BCUT2D eigenvalue weighted by Gasteiger charge is 2.14. The molecule has 110 valence electrons. The number of benzene rings is 1. The van der Waals surface area contributed by atoms with Gasteiger partial charge in [0, 0.05) is 10.9 Å². The van der Waals surface area contributed by atoms with Crippen LogP contribution in [-0.2, 0) is 13.0 Å². The van der Waals surface area contributed by atoms with E-state index in [2.05, 4.69) is 51.2 Å². The number of hydrogen-bond acceptors (Lipinski definition) is 2. The highest BCUT2D eigenvalue weighted by Crippen LogP contribution is 2.30. The van der Waals surface area contributed by atoms with Gasteiger partial charge in [0.25, 0.3) is 0 Å². The van der Waals surface area contributed by atoms with Gasteiger partial charge in [0.1, 0.15) is 11.3 Å². The van der Waals surface area contributed by atoms with E-state index in [1.54, 1.807) is 0 Å². The maximum atomic E-state index is 6.07. The third kappa shape index (κ3) is 3.24. The Morgan fingerprint density at radius 3 is 2.60 bits per heavy atom. The molecule has 0 amide bonds. The van der Waals surface area contributed by atoms with E-state index in [0.29, 0.717) is 5.92 Å². The number of furan rings is 1. The summed E-state index contributed by atoms with van der Waals surface area (Å²) in [5.74, 6) is 1.68. The Hall–Kier alpha value is -1.28. The molecule has 0 aliphatic rings. The Morgan fingerprint density at radius 1 is 1.15 bits per heavy atom. The smallest absolute Gasteiger partial charge is 0.134 e. The summed E-state index contributed by atoms with van der Waals surface area (Å²) >= 11 is 0. The Bertz CT molecular complexity index is 554. The maximum absolute atomic E-state index is 6.07. The second-order valence-corrected chi connectivity index (χ2v) is 5.84. The topological polar surface area (TPSA) is 25.2 Å². The highest BCUT2D eigenvalue weighted by atomic mass is 16.3. The first-order valence-corrected chi connectivity index (χ1v) is 7.92. The molecule has 0 spiro atoms. The van der Waals surface area contributed by atoms with Crippen molar-refractivity contribution in [1.82, 2.24) is 5.32 Å². The van der Waals surface area contributed by atoms with Crippen molar-refractivity contribution in [3.63, 3.8) is 0 Å². The monoisotopic (exact) mass is 273 g/mol. The Labute approximate surface area is 122 Å². The fourth-order valence-electron chi connectivity index (χ4n) is 2.62. The van der Waals surface area contributed by atoms with E-state index < -0.39 is 0 Å². The van der Waals surface area contributed by atoms with E-state index in [4.69, 9.17) is 4.42 Å². The Balaban J connectivity index is 2.38. The van der Waals surface area contributed by atoms with E-state index in [1.165, 1.54) is 16.5 Å². The van der Waals surface area contributed by atoms with Crippen LogP contribution in [0.2, 0.25) is 0 Å². The predicted octanol–water partition coefficient (Wildman–Crippen LogP) is 5.01. The summed E-state index contributed by atoms with van der Waals surface area (Å²) < 4.78 is 6.07. The molecule has 1 aromatic heterocycles. The zero-order chi connectivity index (χ0) is 14.5. The molecule has 1 aromatic carbocycles. The van der Waals surface area contributed by atoms with Crippen molar-refractivity contribution >= 4 is 11.0 Å². The van der Waals surface area contributed by atoms with Crippen molar-refractivity contribution in [3.05, 3.63) is 35.1 Å². The predicted molar refractivity (Wildman–Crippen MR) is 86.3 cm³/mol. The molecular formula is C18H27NO. The Kier molecular flexibility index (Phi) is 5.24. The molecule has 20 heavy (non-hydrogen) atoms. The van der Waals surface area contributed by atoms with Gasteiger partial charge in [0.05, 0.1) is 6.54 Å². The van der Waals surface area contributed by atoms with Gasteiger partial charge in [-0.1, -0.05) is 40.2 Å². The van der Waals surface area contributed by atoms with Gasteiger partial charge in [-0.25, -0.2) is 0 Å². The van der Waals surface area contributed by atoms with Crippen LogP contribution >= 0.6 is 0 Å². The van der Waals surface area contributed by atoms with Crippen LogP contribution in [0.1, 0.15) is 63.3 Å². The minimum Gasteiger partial charge on any atom is -0.459 e. The molecule has 0 saturated heterocycles. The molecule has 0 fully saturated rings. The average Bonchev–Trinajstić information content (AvgIpc) is 2.77. The number of nitrogens with one attached hydrogen (secondary N) is 1. The van der Waals surface area contributed by atoms with Gasteiger partial charge in [0.2, 0.25) is 0 Å². The van der Waals surface area contributed by atoms with Gasteiger partial charge in [0.15, 0.2) is 0 Å². The van der Waals surface area contributed by atoms with Gasteiger partial charge in [-0.15, -0.1) is 0 Å². The summed E-state index contributed by atoms with van der Waals surface area (Å²) in [6, 6.07) is 6.64. The molecular weight excluding hydrogens is 246 g/mol. The molecule has 2 heteroatoms. The lowest BCUT2D eigenvalue weighted by molar-refractivity contribution is 0.507. The molecule has 0 radical (unpaired) electrons. The molecule has 0 bridgehead atoms. The summed E-state index contributed by atoms with van der Waals surface area (Å²) in [7, 11) is 0. The molecule has 0 aliphatic carbocycles. The van der Waals surface area contributed by atoms with Gasteiger partial charge >= 0.3 is 0 Å². The van der Waals surface area contributed by atoms with Gasteiger partial charge < -0.3 is 9.73 Å². The largest absolute Gasteiger partial charge is 0.459 e. The molecule has 0 atom stereocenters. The molecule has 1 N–H and O–H groups in total. The molecule has 2 aromatic rings. The zero-order valence-electron chi connectivity index (χ0n) is 13.3. The first kappa shape index (κ1) is 15.1. The third-order valence-electron chi connectivity index (χ3n) is 3.78.